The summed E-state index contributed by atoms with van der Waals surface area (Å²) in [6.45, 7) is 0.358. The van der Waals surface area contributed by atoms with E-state index in [9.17, 15) is 9.59 Å². The predicted molar refractivity (Wildman–Crippen MR) is 85.1 cm³/mol. The van der Waals surface area contributed by atoms with Gasteiger partial charge in [-0.15, -0.1) is 0 Å². The lowest BCUT2D eigenvalue weighted by molar-refractivity contribution is -0.134. The monoisotopic (exact) mass is 385 g/mol. The second-order valence-electron chi connectivity index (χ2n) is 4.39. The maximum absolute atomic E-state index is 11.7. The van der Waals surface area contributed by atoms with Crippen LogP contribution in [0.2, 0.25) is 5.02 Å². The number of rotatable bonds is 6. The number of nitrogens with one attached hydrogen (secondary N) is 1. The van der Waals surface area contributed by atoms with Crippen molar-refractivity contribution in [1.82, 2.24) is 5.32 Å². The first-order valence-electron chi connectivity index (χ1n) is 6.53. The molecule has 1 N–H and O–H groups in total. The van der Waals surface area contributed by atoms with Crippen LogP contribution < -0.4 is 10.1 Å². The summed E-state index contributed by atoms with van der Waals surface area (Å²) in [5.74, 6) is -0.0317. The van der Waals surface area contributed by atoms with Crippen LogP contribution in [0.4, 0.5) is 0 Å². The number of amides is 1. The highest BCUT2D eigenvalue weighted by Gasteiger charge is 2.10. The van der Waals surface area contributed by atoms with Crippen LogP contribution in [0.25, 0.3) is 0 Å². The van der Waals surface area contributed by atoms with Crippen LogP contribution in [0.5, 0.6) is 5.75 Å². The van der Waals surface area contributed by atoms with Crippen molar-refractivity contribution in [2.24, 2.45) is 0 Å². The second-order valence-corrected chi connectivity index (χ2v) is 5.68. The predicted octanol–water partition coefficient (Wildman–Crippen LogP) is 3.81. The quantitative estimate of drug-likeness (QED) is 0.466. The summed E-state index contributed by atoms with van der Waals surface area (Å²) >= 11 is 9.08. The molecule has 0 aliphatic heterocycles. The van der Waals surface area contributed by atoms with Crippen molar-refractivity contribution in [1.29, 1.82) is 0 Å². The maximum Gasteiger partial charge on any atom is 0.311 e. The van der Waals surface area contributed by atoms with Crippen LogP contribution in [0, 0.1) is 0 Å². The van der Waals surface area contributed by atoms with Crippen molar-refractivity contribution in [3.8, 4) is 5.75 Å². The van der Waals surface area contributed by atoms with Gasteiger partial charge in [0.25, 0.3) is 5.91 Å². The smallest absolute Gasteiger partial charge is 0.311 e. The number of esters is 1. The number of benzene rings is 1. The summed E-state index contributed by atoms with van der Waals surface area (Å²) in [4.78, 5) is 23.3. The Kier molecular flexibility index (Phi) is 6.03. The molecule has 0 unspecified atom stereocenters. The molecule has 0 saturated heterocycles. The third-order valence-corrected chi connectivity index (χ3v) is 3.56. The van der Waals surface area contributed by atoms with E-state index in [0.717, 1.165) is 0 Å². The number of furan rings is 1. The normalized spacial score (nSPS) is 10.3. The minimum Gasteiger partial charge on any atom is -0.459 e. The van der Waals surface area contributed by atoms with E-state index in [1.54, 1.807) is 30.3 Å². The SMILES string of the molecule is O=C(CCCNC(=O)c1ccco1)Oc1ccc(Cl)cc1Br. The van der Waals surface area contributed by atoms with Crippen LogP contribution >= 0.6 is 27.5 Å². The van der Waals surface area contributed by atoms with Gasteiger partial charge in [0, 0.05) is 18.0 Å². The van der Waals surface area contributed by atoms with Crippen molar-refractivity contribution in [3.05, 3.63) is 51.9 Å². The lowest BCUT2D eigenvalue weighted by atomic mass is 10.3. The molecule has 2 rings (SSSR count). The lowest BCUT2D eigenvalue weighted by Crippen LogP contribution is -2.24. The molecule has 5 nitrogen and oxygen atoms in total. The van der Waals surface area contributed by atoms with Gasteiger partial charge < -0.3 is 14.5 Å². The summed E-state index contributed by atoms with van der Waals surface area (Å²) < 4.78 is 10.8. The molecule has 0 aliphatic rings. The van der Waals surface area contributed by atoms with Gasteiger partial charge in [-0.3, -0.25) is 9.59 Å². The topological polar surface area (TPSA) is 68.5 Å². The van der Waals surface area contributed by atoms with Gasteiger partial charge in [0.2, 0.25) is 0 Å². The number of hydrogen-bond donors (Lipinski definition) is 1. The molecule has 22 heavy (non-hydrogen) atoms. The van der Waals surface area contributed by atoms with Crippen molar-refractivity contribution < 1.29 is 18.7 Å². The molecule has 0 spiro atoms. The van der Waals surface area contributed by atoms with E-state index in [1.165, 1.54) is 6.26 Å². The molecular formula is C15H13BrClNO4. The second kappa shape index (κ2) is 8.00. The number of ether oxygens (including phenoxy) is 1. The molecule has 116 valence electrons. The minimum absolute atomic E-state index is 0.188. The highest BCUT2D eigenvalue weighted by molar-refractivity contribution is 9.10. The molecule has 0 fully saturated rings. The molecule has 1 heterocycles. The van der Waals surface area contributed by atoms with Crippen molar-refractivity contribution in [3.63, 3.8) is 0 Å². The third-order valence-electron chi connectivity index (χ3n) is 2.71. The minimum atomic E-state index is -0.379. The number of halogens is 2. The van der Waals surface area contributed by atoms with Crippen LogP contribution in [0.3, 0.4) is 0 Å². The van der Waals surface area contributed by atoms with Crippen LogP contribution in [0.15, 0.2) is 45.5 Å². The van der Waals surface area contributed by atoms with E-state index in [2.05, 4.69) is 21.2 Å². The number of hydrogen-bond acceptors (Lipinski definition) is 4. The Bertz CT molecular complexity index is 658. The van der Waals surface area contributed by atoms with Crippen LogP contribution in [0.1, 0.15) is 23.4 Å². The lowest BCUT2D eigenvalue weighted by Gasteiger charge is -2.07. The summed E-state index contributed by atoms with van der Waals surface area (Å²) in [5.41, 5.74) is 0. The average molecular weight is 387 g/mol. The standard InChI is InChI=1S/C15H13BrClNO4/c16-11-9-10(17)5-6-12(11)22-14(19)4-1-7-18-15(20)13-3-2-8-21-13/h2-3,5-6,8-9H,1,4,7H2,(H,18,20). The van der Waals surface area contributed by atoms with Gasteiger partial charge in [0.1, 0.15) is 5.75 Å². The fourth-order valence-corrected chi connectivity index (χ4v) is 2.42. The Morgan fingerprint density at radius 3 is 2.82 bits per heavy atom. The third kappa shape index (κ3) is 4.89. The van der Waals surface area contributed by atoms with Gasteiger partial charge in [-0.25, -0.2) is 0 Å². The largest absolute Gasteiger partial charge is 0.459 e. The Morgan fingerprint density at radius 2 is 2.14 bits per heavy atom. The van der Waals surface area contributed by atoms with E-state index in [1.807, 2.05) is 0 Å². The Labute approximate surface area is 140 Å². The zero-order valence-electron chi connectivity index (χ0n) is 11.5. The van der Waals surface area contributed by atoms with Crippen LogP contribution in [-0.4, -0.2) is 18.4 Å². The molecule has 1 aromatic carbocycles. The zero-order valence-corrected chi connectivity index (χ0v) is 13.8. The molecule has 0 bridgehead atoms. The van der Waals surface area contributed by atoms with Crippen molar-refractivity contribution in [2.75, 3.05) is 6.54 Å². The molecule has 2 aromatic rings. The summed E-state index contributed by atoms with van der Waals surface area (Å²) in [6, 6.07) is 8.10. The van der Waals surface area contributed by atoms with E-state index in [-0.39, 0.29) is 24.1 Å². The molecule has 1 amide bonds. The van der Waals surface area contributed by atoms with Crippen molar-refractivity contribution >= 4 is 39.4 Å². The van der Waals surface area contributed by atoms with Gasteiger partial charge in [0.15, 0.2) is 5.76 Å². The molecule has 7 heteroatoms. The van der Waals surface area contributed by atoms with Gasteiger partial charge in [-0.2, -0.15) is 0 Å². The highest BCUT2D eigenvalue weighted by atomic mass is 79.9. The van der Waals surface area contributed by atoms with E-state index in [0.29, 0.717) is 28.2 Å². The molecule has 0 aliphatic carbocycles. The van der Waals surface area contributed by atoms with Gasteiger partial charge >= 0.3 is 5.97 Å². The molecule has 0 radical (unpaired) electrons. The first kappa shape index (κ1) is 16.6. The number of carbonyl (C=O) groups is 2. The Balaban J connectivity index is 1.71. The van der Waals surface area contributed by atoms with Crippen molar-refractivity contribution in [2.45, 2.75) is 12.8 Å². The summed E-state index contributed by atoms with van der Waals surface area (Å²) in [7, 11) is 0. The Morgan fingerprint density at radius 1 is 1.32 bits per heavy atom. The molecule has 0 atom stereocenters. The van der Waals surface area contributed by atoms with E-state index >= 15 is 0 Å². The Hall–Kier alpha value is -1.79. The maximum atomic E-state index is 11.7. The van der Waals surface area contributed by atoms with Gasteiger partial charge in [0.05, 0.1) is 10.7 Å². The van der Waals surface area contributed by atoms with Crippen LogP contribution in [-0.2, 0) is 4.79 Å². The van der Waals surface area contributed by atoms with Gasteiger partial charge in [-0.1, -0.05) is 11.6 Å². The average Bonchev–Trinajstić information content (AvgIpc) is 3.01. The summed E-state index contributed by atoms with van der Waals surface area (Å²) in [6.07, 6.45) is 2.08. The summed E-state index contributed by atoms with van der Waals surface area (Å²) in [5, 5.41) is 3.20. The molecule has 0 saturated carbocycles. The first-order valence-corrected chi connectivity index (χ1v) is 7.71. The number of carbonyl (C=O) groups excluding carboxylic acids is 2. The molecular weight excluding hydrogens is 374 g/mol. The van der Waals surface area contributed by atoms with E-state index < -0.39 is 0 Å². The van der Waals surface area contributed by atoms with Gasteiger partial charge in [-0.05, 0) is 52.7 Å². The van der Waals surface area contributed by atoms with E-state index in [4.69, 9.17) is 20.8 Å². The zero-order chi connectivity index (χ0) is 15.9. The highest BCUT2D eigenvalue weighted by Crippen LogP contribution is 2.28. The first-order chi connectivity index (χ1) is 10.6. The fourth-order valence-electron chi connectivity index (χ4n) is 1.66. The molecule has 1 aromatic heterocycles. The fraction of sp³-hybridized carbons (Fsp3) is 0.200.